The minimum absolute atomic E-state index is 0. The first-order valence-electron chi connectivity index (χ1n) is 0.333. The number of hydrogen-bond acceptors (Lipinski definition) is 2. The Labute approximate surface area is 22.5 Å². The monoisotopic (exact) mass is 70.0 g/mol. The quantitative estimate of drug-likeness (QED) is 0.220. The predicted molar refractivity (Wildman–Crippen MR) is 8.37 cm³/mol. The molecule has 4 heteroatoms. The molecule has 0 heterocycles. The summed E-state index contributed by atoms with van der Waals surface area (Å²) < 4.78 is 0. The van der Waals surface area contributed by atoms with E-state index in [1.165, 1.54) is 0 Å². The molecule has 0 amide bonds. The van der Waals surface area contributed by atoms with E-state index in [9.17, 15) is 0 Å². The summed E-state index contributed by atoms with van der Waals surface area (Å²) >= 11 is 0. The second-order valence-electron chi connectivity index (χ2n) is 0. The minimum Gasteiger partial charge on any atom is -1.00 e. The van der Waals surface area contributed by atoms with E-state index >= 15 is 0 Å². The number of hydrazine groups is 1. The van der Waals surface area contributed by atoms with Crippen molar-refractivity contribution in [1.82, 2.24) is 0 Å². The topological polar surface area (TPSA) is 52.0 Å². The van der Waals surface area contributed by atoms with Gasteiger partial charge in [-0.3, -0.25) is 11.7 Å². The van der Waals surface area contributed by atoms with E-state index < -0.39 is 0 Å². The third-order valence-corrected chi connectivity index (χ3v) is 0. The first-order valence-corrected chi connectivity index (χ1v) is 0.333. The van der Waals surface area contributed by atoms with Crippen LogP contribution >= 0.6 is 0 Å². The van der Waals surface area contributed by atoms with Gasteiger partial charge in [-0.25, -0.2) is 0 Å². The summed E-state index contributed by atoms with van der Waals surface area (Å²) in [5.41, 5.74) is 0. The van der Waals surface area contributed by atoms with Crippen molar-refractivity contribution in [3.63, 3.8) is 0 Å². The van der Waals surface area contributed by atoms with Crippen LogP contribution in [0, 0.1) is 0 Å². The average Bonchev–Trinajstić information content (AvgIpc) is 1.00. The molecule has 0 unspecified atom stereocenters. The van der Waals surface area contributed by atoms with Gasteiger partial charge in [0.25, 0.3) is 0 Å². The standard InChI is InChI=1S/2FH.H4N2/c;;1-2/h2*1H;1-2H2/p-2. The number of nitrogens with two attached hydrogens (primary N) is 2. The summed E-state index contributed by atoms with van der Waals surface area (Å²) in [6.45, 7) is 0. The summed E-state index contributed by atoms with van der Waals surface area (Å²) in [6, 6.07) is 0. The lowest BCUT2D eigenvalue weighted by Crippen LogP contribution is -3.00. The van der Waals surface area contributed by atoms with Crippen molar-refractivity contribution in [3.8, 4) is 0 Å². The van der Waals surface area contributed by atoms with E-state index in [2.05, 4.69) is 11.7 Å². The zero-order valence-electron chi connectivity index (χ0n) is 1.91. The third kappa shape index (κ3) is 22.4. The SMILES string of the molecule is NN.[F-].[F-]. The molecular formula is H4F2N2-2. The molecule has 2 nitrogen and oxygen atoms in total. The lowest BCUT2D eigenvalue weighted by molar-refractivity contribution is -0.00100. The van der Waals surface area contributed by atoms with Crippen molar-refractivity contribution in [2.75, 3.05) is 0 Å². The fraction of sp³-hybridized carbons (Fsp3) is 0. The number of rotatable bonds is 0. The van der Waals surface area contributed by atoms with E-state index in [1.807, 2.05) is 0 Å². The van der Waals surface area contributed by atoms with Crippen LogP contribution in [0.2, 0.25) is 0 Å². The van der Waals surface area contributed by atoms with Crippen LogP contribution in [0.15, 0.2) is 0 Å². The van der Waals surface area contributed by atoms with E-state index in [-0.39, 0.29) is 9.41 Å². The van der Waals surface area contributed by atoms with Crippen molar-refractivity contribution < 1.29 is 9.41 Å². The van der Waals surface area contributed by atoms with Crippen LogP contribution in [0.5, 0.6) is 0 Å². The van der Waals surface area contributed by atoms with Gasteiger partial charge in [-0.2, -0.15) is 0 Å². The molecule has 0 aromatic carbocycles. The van der Waals surface area contributed by atoms with Gasteiger partial charge in [0.15, 0.2) is 0 Å². The van der Waals surface area contributed by atoms with Crippen molar-refractivity contribution in [3.05, 3.63) is 0 Å². The molecule has 30 valence electrons. The molecule has 0 aromatic heterocycles. The molecule has 0 aromatic rings. The molecule has 0 fully saturated rings. The molecule has 0 saturated heterocycles. The molecular weight excluding hydrogens is 66.0 g/mol. The van der Waals surface area contributed by atoms with Gasteiger partial charge >= 0.3 is 0 Å². The summed E-state index contributed by atoms with van der Waals surface area (Å²) in [6.07, 6.45) is 0. The molecule has 0 saturated carbocycles. The largest absolute Gasteiger partial charge is 1.00 e. The van der Waals surface area contributed by atoms with Crippen LogP contribution in [0.25, 0.3) is 0 Å². The van der Waals surface area contributed by atoms with Crippen molar-refractivity contribution in [1.29, 1.82) is 0 Å². The van der Waals surface area contributed by atoms with Gasteiger partial charge in [0.1, 0.15) is 0 Å². The molecule has 0 rings (SSSR count). The summed E-state index contributed by atoms with van der Waals surface area (Å²) in [5.74, 6) is 8.00. The lowest BCUT2D eigenvalue weighted by atomic mass is 13.0. The van der Waals surface area contributed by atoms with E-state index in [0.717, 1.165) is 0 Å². The molecule has 4 N–H and O–H groups in total. The Balaban J connectivity index is -0.00000000500. The number of hydrogen-bond donors (Lipinski definition) is 2. The van der Waals surface area contributed by atoms with Crippen LogP contribution in [-0.4, -0.2) is 0 Å². The Bertz CT molecular complexity index is 4.00. The molecule has 0 spiro atoms. The lowest BCUT2D eigenvalue weighted by Gasteiger charge is -1.27. The first-order chi connectivity index (χ1) is 1.00. The maximum absolute atomic E-state index is 4.00. The maximum atomic E-state index is 4.00. The van der Waals surface area contributed by atoms with Gasteiger partial charge < -0.3 is 9.41 Å². The van der Waals surface area contributed by atoms with E-state index in [4.69, 9.17) is 0 Å². The molecule has 0 aliphatic rings. The highest BCUT2D eigenvalue weighted by Crippen LogP contribution is -0.0190. The van der Waals surface area contributed by atoms with Crippen molar-refractivity contribution >= 4 is 0 Å². The second-order valence-corrected chi connectivity index (χ2v) is 0. The Morgan fingerprint density at radius 2 is 0.750 bits per heavy atom. The van der Waals surface area contributed by atoms with Crippen LogP contribution in [0.4, 0.5) is 0 Å². The summed E-state index contributed by atoms with van der Waals surface area (Å²) in [7, 11) is 0. The van der Waals surface area contributed by atoms with Crippen molar-refractivity contribution in [2.45, 2.75) is 0 Å². The Morgan fingerprint density at radius 1 is 0.750 bits per heavy atom. The summed E-state index contributed by atoms with van der Waals surface area (Å²) in [4.78, 5) is 0. The Kier molecular flexibility index (Phi) is 2180. The highest BCUT2D eigenvalue weighted by Gasteiger charge is 0.726. The van der Waals surface area contributed by atoms with E-state index in [0.29, 0.717) is 0 Å². The smallest absolute Gasteiger partial charge is 0.274 e. The molecule has 0 atom stereocenters. The van der Waals surface area contributed by atoms with Gasteiger partial charge in [0.05, 0.1) is 0 Å². The van der Waals surface area contributed by atoms with Gasteiger partial charge in [-0.05, 0) is 0 Å². The Hall–Kier alpha value is -0.220. The van der Waals surface area contributed by atoms with Crippen LogP contribution in [0.3, 0.4) is 0 Å². The molecule has 0 radical (unpaired) electrons. The predicted octanol–water partition coefficient (Wildman–Crippen LogP) is -7.17. The highest BCUT2D eigenvalue weighted by atomic mass is 19.0. The fourth-order valence-electron chi connectivity index (χ4n) is 0. The van der Waals surface area contributed by atoms with Gasteiger partial charge in [0.2, 0.25) is 0 Å². The van der Waals surface area contributed by atoms with Crippen LogP contribution in [-0.2, 0) is 0 Å². The highest BCUT2D eigenvalue weighted by molar-refractivity contribution is 3.26. The number of halogens is 2. The van der Waals surface area contributed by atoms with Crippen molar-refractivity contribution in [2.24, 2.45) is 11.7 Å². The Morgan fingerprint density at radius 3 is 0.750 bits per heavy atom. The zero-order chi connectivity index (χ0) is 2.00. The molecule has 0 aliphatic carbocycles. The fourth-order valence-corrected chi connectivity index (χ4v) is 0. The van der Waals surface area contributed by atoms with Crippen LogP contribution < -0.4 is 21.1 Å². The van der Waals surface area contributed by atoms with E-state index in [1.54, 1.807) is 0 Å². The third-order valence-electron chi connectivity index (χ3n) is 0. The van der Waals surface area contributed by atoms with Gasteiger partial charge in [-0.15, -0.1) is 0 Å². The average molecular weight is 70.0 g/mol. The zero-order valence-corrected chi connectivity index (χ0v) is 1.91. The summed E-state index contributed by atoms with van der Waals surface area (Å²) in [5, 5.41) is 0. The normalized spacial score (nSPS) is 1.50. The molecule has 4 heavy (non-hydrogen) atoms. The van der Waals surface area contributed by atoms with Gasteiger partial charge in [-0.1, -0.05) is 0 Å². The second kappa shape index (κ2) is 182. The molecule has 0 aliphatic heterocycles. The van der Waals surface area contributed by atoms with Gasteiger partial charge in [0, 0.05) is 0 Å². The first kappa shape index (κ1) is 48.0. The minimum atomic E-state index is 0. The molecule has 0 bridgehead atoms. The maximum Gasteiger partial charge on any atom is -0.274 e. The van der Waals surface area contributed by atoms with Crippen LogP contribution in [0.1, 0.15) is 0 Å².